The molecule has 1 aromatic rings. The van der Waals surface area contributed by atoms with Gasteiger partial charge in [-0.25, -0.2) is 0 Å². The lowest BCUT2D eigenvalue weighted by Gasteiger charge is -2.14. The molecule has 2 rings (SSSR count). The largest absolute Gasteiger partial charge is 0.335 e. The lowest BCUT2D eigenvalue weighted by Crippen LogP contribution is -2.25. The zero-order valence-corrected chi connectivity index (χ0v) is 8.81. The van der Waals surface area contributed by atoms with E-state index in [0.717, 1.165) is 31.0 Å². The first-order valence-electron chi connectivity index (χ1n) is 5.01. The van der Waals surface area contributed by atoms with Crippen molar-refractivity contribution in [1.29, 1.82) is 0 Å². The number of hydrogen-bond acceptors (Lipinski definition) is 3. The summed E-state index contributed by atoms with van der Waals surface area (Å²) in [4.78, 5) is 12.9. The molecule has 0 fully saturated rings. The van der Waals surface area contributed by atoms with Crippen molar-refractivity contribution < 1.29 is 4.79 Å². The van der Waals surface area contributed by atoms with Crippen LogP contribution in [-0.2, 0) is 24.3 Å². The highest BCUT2D eigenvalue weighted by molar-refractivity contribution is 5.86. The van der Waals surface area contributed by atoms with Crippen molar-refractivity contribution in [2.45, 2.75) is 25.9 Å². The molecule has 0 saturated carbocycles. The molecule has 5 nitrogen and oxygen atoms in total. The van der Waals surface area contributed by atoms with E-state index in [1.807, 2.05) is 0 Å². The van der Waals surface area contributed by atoms with Crippen molar-refractivity contribution >= 4 is 5.91 Å². The molecule has 0 aliphatic carbocycles. The van der Waals surface area contributed by atoms with Crippen LogP contribution in [0.2, 0.25) is 0 Å². The minimum atomic E-state index is -0.0923. The highest BCUT2D eigenvalue weighted by Gasteiger charge is 2.18. The quantitative estimate of drug-likeness (QED) is 0.671. The van der Waals surface area contributed by atoms with Gasteiger partial charge in [0.1, 0.15) is 5.82 Å². The van der Waals surface area contributed by atoms with Crippen molar-refractivity contribution in [2.75, 3.05) is 7.05 Å². The van der Waals surface area contributed by atoms with Crippen LogP contribution in [0.1, 0.15) is 18.1 Å². The van der Waals surface area contributed by atoms with Crippen molar-refractivity contribution in [3.63, 3.8) is 0 Å². The lowest BCUT2D eigenvalue weighted by molar-refractivity contribution is -0.125. The van der Waals surface area contributed by atoms with Gasteiger partial charge in [0.25, 0.3) is 0 Å². The number of hydrogen-bond donors (Lipinski definition) is 0. The van der Waals surface area contributed by atoms with Gasteiger partial charge in [-0.2, -0.15) is 0 Å². The van der Waals surface area contributed by atoms with Crippen molar-refractivity contribution in [1.82, 2.24) is 19.7 Å². The van der Waals surface area contributed by atoms with Gasteiger partial charge in [0.15, 0.2) is 5.82 Å². The topological polar surface area (TPSA) is 51.0 Å². The fraction of sp³-hybridized carbons (Fsp3) is 0.500. The molecule has 0 unspecified atom stereocenters. The molecule has 0 saturated heterocycles. The Morgan fingerprint density at radius 3 is 3.20 bits per heavy atom. The highest BCUT2D eigenvalue weighted by atomic mass is 16.2. The summed E-state index contributed by atoms with van der Waals surface area (Å²) in [5.41, 5.74) is 0. The fourth-order valence-electron chi connectivity index (χ4n) is 1.77. The van der Waals surface area contributed by atoms with Crippen LogP contribution in [0.5, 0.6) is 0 Å². The molecule has 5 heteroatoms. The third-order valence-corrected chi connectivity index (χ3v) is 2.62. The van der Waals surface area contributed by atoms with Gasteiger partial charge in [0.05, 0.1) is 6.54 Å². The number of carbonyl (C=O) groups is 1. The summed E-state index contributed by atoms with van der Waals surface area (Å²) in [6, 6.07) is 0. The van der Waals surface area contributed by atoms with E-state index < -0.39 is 0 Å². The summed E-state index contributed by atoms with van der Waals surface area (Å²) in [5.74, 6) is 1.80. The average Bonchev–Trinajstić information content (AvgIpc) is 2.81. The Balaban J connectivity index is 2.11. The van der Waals surface area contributed by atoms with Gasteiger partial charge in [0, 0.05) is 20.0 Å². The van der Waals surface area contributed by atoms with Gasteiger partial charge in [-0.1, -0.05) is 6.58 Å². The molecule has 0 bridgehead atoms. The lowest BCUT2D eigenvalue weighted by atomic mass is 10.4. The molecule has 0 radical (unpaired) electrons. The molecule has 0 atom stereocenters. The Hall–Kier alpha value is -1.65. The van der Waals surface area contributed by atoms with E-state index in [1.165, 1.54) is 6.08 Å². The Bertz CT molecular complexity index is 396. The second kappa shape index (κ2) is 3.84. The molecule has 1 aliphatic rings. The van der Waals surface area contributed by atoms with E-state index in [0.29, 0.717) is 6.54 Å². The first kappa shape index (κ1) is 9.89. The van der Waals surface area contributed by atoms with E-state index in [2.05, 4.69) is 21.3 Å². The van der Waals surface area contributed by atoms with Gasteiger partial charge in [-0.05, 0) is 12.5 Å². The third-order valence-electron chi connectivity index (χ3n) is 2.62. The maximum atomic E-state index is 11.3. The smallest absolute Gasteiger partial charge is 0.246 e. The van der Waals surface area contributed by atoms with Crippen LogP contribution >= 0.6 is 0 Å². The van der Waals surface area contributed by atoms with Crippen molar-refractivity contribution in [3.05, 3.63) is 24.3 Å². The summed E-state index contributed by atoms with van der Waals surface area (Å²) in [5, 5.41) is 8.16. The molecule has 2 heterocycles. The number of carbonyl (C=O) groups excluding carboxylic acids is 1. The molecule has 1 aromatic heterocycles. The van der Waals surface area contributed by atoms with E-state index >= 15 is 0 Å². The Kier molecular flexibility index (Phi) is 2.53. The molecule has 0 aromatic carbocycles. The first-order valence-corrected chi connectivity index (χ1v) is 5.01. The van der Waals surface area contributed by atoms with E-state index in [1.54, 1.807) is 11.9 Å². The number of rotatable bonds is 3. The number of fused-ring (bicyclic) bond motifs is 1. The Morgan fingerprint density at radius 1 is 1.67 bits per heavy atom. The van der Waals surface area contributed by atoms with Gasteiger partial charge >= 0.3 is 0 Å². The fourth-order valence-corrected chi connectivity index (χ4v) is 1.77. The molecule has 1 aliphatic heterocycles. The first-order chi connectivity index (χ1) is 7.22. The SMILES string of the molecule is C=CC(=O)N(C)Cc1nnc2n1CCC2. The molecular weight excluding hydrogens is 192 g/mol. The Labute approximate surface area is 88.4 Å². The van der Waals surface area contributed by atoms with E-state index in [4.69, 9.17) is 0 Å². The predicted octanol–water partition coefficient (Wildman–Crippen LogP) is 0.369. The van der Waals surface area contributed by atoms with Crippen LogP contribution in [0.15, 0.2) is 12.7 Å². The van der Waals surface area contributed by atoms with Crippen LogP contribution in [0.3, 0.4) is 0 Å². The van der Waals surface area contributed by atoms with Crippen LogP contribution in [0.25, 0.3) is 0 Å². The highest BCUT2D eigenvalue weighted by Crippen LogP contribution is 2.14. The molecule has 15 heavy (non-hydrogen) atoms. The van der Waals surface area contributed by atoms with Gasteiger partial charge < -0.3 is 9.47 Å². The van der Waals surface area contributed by atoms with Crippen LogP contribution < -0.4 is 0 Å². The van der Waals surface area contributed by atoms with Gasteiger partial charge in [-0.3, -0.25) is 4.79 Å². The summed E-state index contributed by atoms with van der Waals surface area (Å²) >= 11 is 0. The second-order valence-electron chi connectivity index (χ2n) is 3.69. The zero-order chi connectivity index (χ0) is 10.8. The Morgan fingerprint density at radius 2 is 2.47 bits per heavy atom. The summed E-state index contributed by atoms with van der Waals surface area (Å²) in [7, 11) is 1.74. The number of nitrogens with zero attached hydrogens (tertiary/aromatic N) is 4. The molecular formula is C10H14N4O. The summed E-state index contributed by atoms with van der Waals surface area (Å²) in [6.45, 7) is 4.91. The standard InChI is InChI=1S/C10H14N4O/c1-3-10(15)13(2)7-9-12-11-8-5-4-6-14(8)9/h3H,1,4-7H2,2H3. The second-order valence-corrected chi connectivity index (χ2v) is 3.69. The molecule has 1 amide bonds. The maximum Gasteiger partial charge on any atom is 0.246 e. The average molecular weight is 206 g/mol. The molecule has 0 N–H and O–H groups in total. The normalized spacial score (nSPS) is 13.7. The zero-order valence-electron chi connectivity index (χ0n) is 8.81. The van der Waals surface area contributed by atoms with E-state index in [-0.39, 0.29) is 5.91 Å². The minimum Gasteiger partial charge on any atom is -0.335 e. The monoisotopic (exact) mass is 206 g/mol. The predicted molar refractivity (Wildman–Crippen MR) is 55.0 cm³/mol. The van der Waals surface area contributed by atoms with Crippen molar-refractivity contribution in [2.24, 2.45) is 0 Å². The number of likely N-dealkylation sites (N-methyl/N-ethyl adjacent to an activating group) is 1. The minimum absolute atomic E-state index is 0.0923. The van der Waals surface area contributed by atoms with Crippen molar-refractivity contribution in [3.8, 4) is 0 Å². The molecule has 80 valence electrons. The third kappa shape index (κ3) is 1.77. The van der Waals surface area contributed by atoms with Gasteiger partial charge in [0.2, 0.25) is 5.91 Å². The number of aromatic nitrogens is 3. The summed E-state index contributed by atoms with van der Waals surface area (Å²) in [6.07, 6.45) is 3.42. The summed E-state index contributed by atoms with van der Waals surface area (Å²) < 4.78 is 2.09. The maximum absolute atomic E-state index is 11.3. The van der Waals surface area contributed by atoms with Crippen LogP contribution in [-0.4, -0.2) is 32.6 Å². The molecule has 0 spiro atoms. The van der Waals surface area contributed by atoms with E-state index in [9.17, 15) is 4.79 Å². The van der Waals surface area contributed by atoms with Crippen LogP contribution in [0.4, 0.5) is 0 Å². The van der Waals surface area contributed by atoms with Crippen LogP contribution in [0, 0.1) is 0 Å². The number of amides is 1. The van der Waals surface area contributed by atoms with Gasteiger partial charge in [-0.15, -0.1) is 10.2 Å². The number of aryl methyl sites for hydroxylation is 1.